The fraction of sp³-hybridized carbons (Fsp3) is 0.308. The summed E-state index contributed by atoms with van der Waals surface area (Å²) in [5.74, 6) is 0.258. The van der Waals surface area contributed by atoms with Crippen LogP contribution in [0.4, 0.5) is 5.82 Å². The number of hydrogen-bond acceptors (Lipinski definition) is 6. The first-order valence-electron chi connectivity index (χ1n) is 11.3. The normalized spacial score (nSPS) is 12.1. The lowest BCUT2D eigenvalue weighted by molar-refractivity contribution is 0.0889. The van der Waals surface area contributed by atoms with E-state index >= 15 is 0 Å². The molecule has 4 N–H and O–H groups in total. The van der Waals surface area contributed by atoms with Gasteiger partial charge in [-0.15, -0.1) is 0 Å². The van der Waals surface area contributed by atoms with E-state index in [0.29, 0.717) is 23.6 Å². The molecule has 0 saturated heterocycles. The second-order valence-electron chi connectivity index (χ2n) is 9.70. The molecule has 0 aliphatic rings. The summed E-state index contributed by atoms with van der Waals surface area (Å²) < 4.78 is 1.89. The first kappa shape index (κ1) is 23.4. The molecule has 34 heavy (non-hydrogen) atoms. The van der Waals surface area contributed by atoms with Crippen molar-refractivity contribution in [3.05, 3.63) is 72.1 Å². The summed E-state index contributed by atoms with van der Waals surface area (Å²) in [6.07, 6.45) is 1.46. The Morgan fingerprint density at radius 2 is 1.68 bits per heavy atom. The van der Waals surface area contributed by atoms with Crippen LogP contribution in [0.3, 0.4) is 0 Å². The number of aromatic nitrogens is 4. The molecular formula is C26H31N7O. The summed E-state index contributed by atoms with van der Waals surface area (Å²) >= 11 is 0. The van der Waals surface area contributed by atoms with Crippen LogP contribution >= 0.6 is 0 Å². The SMILES string of the molecule is Cc1ccc(-c2nn(C(C)(C)CNC(C)(C)NC(=O)c3ccccc3)c3ncnc(N)c23)cc1. The molecule has 0 radical (unpaired) electrons. The minimum atomic E-state index is -0.652. The Morgan fingerprint density at radius 1 is 1.00 bits per heavy atom. The molecule has 0 unspecified atom stereocenters. The lowest BCUT2D eigenvalue weighted by Gasteiger charge is -2.34. The van der Waals surface area contributed by atoms with E-state index in [1.54, 1.807) is 12.1 Å². The predicted molar refractivity (Wildman–Crippen MR) is 135 cm³/mol. The number of nitrogen functional groups attached to an aromatic ring is 1. The molecule has 0 aliphatic heterocycles. The second kappa shape index (κ2) is 8.87. The summed E-state index contributed by atoms with van der Waals surface area (Å²) in [5, 5.41) is 12.2. The first-order valence-corrected chi connectivity index (χ1v) is 11.3. The van der Waals surface area contributed by atoms with Crippen LogP contribution in [0.5, 0.6) is 0 Å². The van der Waals surface area contributed by atoms with Crippen LogP contribution in [-0.2, 0) is 5.54 Å². The van der Waals surface area contributed by atoms with Gasteiger partial charge in [-0.05, 0) is 46.8 Å². The molecule has 0 spiro atoms. The zero-order chi connectivity index (χ0) is 24.5. The lowest BCUT2D eigenvalue weighted by Crippen LogP contribution is -2.57. The number of amides is 1. The van der Waals surface area contributed by atoms with Crippen molar-refractivity contribution in [3.8, 4) is 11.3 Å². The van der Waals surface area contributed by atoms with E-state index in [2.05, 4.69) is 34.4 Å². The first-order chi connectivity index (χ1) is 16.1. The average molecular weight is 458 g/mol. The van der Waals surface area contributed by atoms with Crippen molar-refractivity contribution in [2.45, 2.75) is 45.8 Å². The molecular weight excluding hydrogens is 426 g/mol. The fourth-order valence-electron chi connectivity index (χ4n) is 3.81. The molecule has 0 fully saturated rings. The Kier molecular flexibility index (Phi) is 6.10. The van der Waals surface area contributed by atoms with Gasteiger partial charge >= 0.3 is 0 Å². The smallest absolute Gasteiger partial charge is 0.252 e. The fourth-order valence-corrected chi connectivity index (χ4v) is 3.81. The maximum Gasteiger partial charge on any atom is 0.252 e. The standard InChI is InChI=1S/C26H31N7O/c1-17-11-13-18(14-12-17)21-20-22(27)28-16-29-23(20)33(32-21)25(2,3)15-30-26(4,5)31-24(34)19-9-7-6-8-10-19/h6-14,16,30H,15H2,1-5H3,(H,31,34)(H2,27,28,29). The molecule has 0 aliphatic carbocycles. The third-order valence-corrected chi connectivity index (χ3v) is 5.82. The van der Waals surface area contributed by atoms with Crippen molar-refractivity contribution in [2.24, 2.45) is 0 Å². The summed E-state index contributed by atoms with van der Waals surface area (Å²) in [4.78, 5) is 21.4. The van der Waals surface area contributed by atoms with Gasteiger partial charge in [-0.2, -0.15) is 5.10 Å². The van der Waals surface area contributed by atoms with Gasteiger partial charge in [-0.3, -0.25) is 10.1 Å². The Morgan fingerprint density at radius 3 is 2.35 bits per heavy atom. The Hall–Kier alpha value is -3.78. The topological polar surface area (TPSA) is 111 Å². The van der Waals surface area contributed by atoms with Gasteiger partial charge in [0.05, 0.1) is 16.6 Å². The van der Waals surface area contributed by atoms with E-state index in [1.165, 1.54) is 11.9 Å². The highest BCUT2D eigenvalue weighted by molar-refractivity contribution is 5.98. The molecule has 2 heterocycles. The zero-order valence-corrected chi connectivity index (χ0v) is 20.3. The molecule has 0 atom stereocenters. The van der Waals surface area contributed by atoms with E-state index in [4.69, 9.17) is 10.8 Å². The third-order valence-electron chi connectivity index (χ3n) is 5.82. The van der Waals surface area contributed by atoms with Gasteiger partial charge in [-0.1, -0.05) is 48.0 Å². The van der Waals surface area contributed by atoms with E-state index in [-0.39, 0.29) is 5.91 Å². The van der Waals surface area contributed by atoms with Crippen molar-refractivity contribution in [1.29, 1.82) is 0 Å². The van der Waals surface area contributed by atoms with E-state index < -0.39 is 11.2 Å². The zero-order valence-electron chi connectivity index (χ0n) is 20.3. The number of nitrogens with zero attached hydrogens (tertiary/aromatic N) is 4. The molecule has 2 aromatic carbocycles. The summed E-state index contributed by atoms with van der Waals surface area (Å²) in [7, 11) is 0. The Bertz CT molecular complexity index is 1310. The summed E-state index contributed by atoms with van der Waals surface area (Å²) in [5.41, 5.74) is 9.28. The minimum absolute atomic E-state index is 0.136. The van der Waals surface area contributed by atoms with Crippen LogP contribution in [0.2, 0.25) is 0 Å². The molecule has 176 valence electrons. The molecule has 4 aromatic rings. The van der Waals surface area contributed by atoms with Gasteiger partial charge < -0.3 is 11.1 Å². The van der Waals surface area contributed by atoms with Crippen molar-refractivity contribution < 1.29 is 4.79 Å². The molecule has 0 saturated carbocycles. The molecule has 8 heteroatoms. The highest BCUT2D eigenvalue weighted by atomic mass is 16.1. The van der Waals surface area contributed by atoms with Gasteiger partial charge in [0, 0.05) is 17.7 Å². The van der Waals surface area contributed by atoms with Crippen molar-refractivity contribution in [1.82, 2.24) is 30.4 Å². The number of rotatable bonds is 7. The van der Waals surface area contributed by atoms with E-state index in [9.17, 15) is 4.79 Å². The molecule has 1 amide bonds. The number of nitrogens with two attached hydrogens (primary N) is 1. The third kappa shape index (κ3) is 4.77. The highest BCUT2D eigenvalue weighted by Gasteiger charge is 2.30. The number of aryl methyl sites for hydroxylation is 1. The molecule has 2 aromatic heterocycles. The van der Waals surface area contributed by atoms with Gasteiger partial charge in [0.1, 0.15) is 17.8 Å². The number of benzene rings is 2. The second-order valence-corrected chi connectivity index (χ2v) is 9.70. The number of hydrogen-bond donors (Lipinski definition) is 3. The number of anilines is 1. The van der Waals surface area contributed by atoms with Crippen molar-refractivity contribution in [2.75, 3.05) is 12.3 Å². The molecule has 4 rings (SSSR count). The van der Waals surface area contributed by atoms with Crippen molar-refractivity contribution >= 4 is 22.8 Å². The highest BCUT2D eigenvalue weighted by Crippen LogP contribution is 2.33. The van der Waals surface area contributed by atoms with Gasteiger partial charge in [-0.25, -0.2) is 14.6 Å². The van der Waals surface area contributed by atoms with Gasteiger partial charge in [0.2, 0.25) is 0 Å². The van der Waals surface area contributed by atoms with Crippen LogP contribution < -0.4 is 16.4 Å². The van der Waals surface area contributed by atoms with Crippen LogP contribution in [0, 0.1) is 6.92 Å². The summed E-state index contributed by atoms with van der Waals surface area (Å²) in [6, 6.07) is 17.3. The molecule has 0 bridgehead atoms. The van der Waals surface area contributed by atoms with E-state index in [1.807, 2.05) is 67.9 Å². The maximum atomic E-state index is 12.7. The van der Waals surface area contributed by atoms with Crippen LogP contribution in [0.15, 0.2) is 60.9 Å². The Labute approximate surface area is 199 Å². The van der Waals surface area contributed by atoms with Gasteiger partial charge in [0.15, 0.2) is 5.65 Å². The quantitative estimate of drug-likeness (QED) is 0.363. The van der Waals surface area contributed by atoms with E-state index in [0.717, 1.165) is 16.6 Å². The number of carbonyl (C=O) groups excluding carboxylic acids is 1. The molecule has 8 nitrogen and oxygen atoms in total. The maximum absolute atomic E-state index is 12.7. The van der Waals surface area contributed by atoms with Crippen LogP contribution in [-0.4, -0.2) is 37.9 Å². The number of carbonyl (C=O) groups is 1. The average Bonchev–Trinajstić information content (AvgIpc) is 3.21. The minimum Gasteiger partial charge on any atom is -0.383 e. The van der Waals surface area contributed by atoms with Crippen LogP contribution in [0.1, 0.15) is 43.6 Å². The number of fused-ring (bicyclic) bond motifs is 1. The van der Waals surface area contributed by atoms with Crippen molar-refractivity contribution in [3.63, 3.8) is 0 Å². The monoisotopic (exact) mass is 457 g/mol. The van der Waals surface area contributed by atoms with Crippen LogP contribution in [0.25, 0.3) is 22.3 Å². The largest absolute Gasteiger partial charge is 0.383 e. The Balaban J connectivity index is 1.61. The van der Waals surface area contributed by atoms with Gasteiger partial charge in [0.25, 0.3) is 5.91 Å². The number of nitrogens with one attached hydrogen (secondary N) is 2. The summed E-state index contributed by atoms with van der Waals surface area (Å²) in [6.45, 7) is 10.6. The predicted octanol–water partition coefficient (Wildman–Crippen LogP) is 3.87. The lowest BCUT2D eigenvalue weighted by atomic mass is 10.0.